The zero-order valence-corrected chi connectivity index (χ0v) is 15.2. The Bertz CT molecular complexity index is 648. The number of aliphatic hydroxyl groups excluding tert-OH is 1. The monoisotopic (exact) mass is 348 g/mol. The van der Waals surface area contributed by atoms with Gasteiger partial charge in [-0.2, -0.15) is 0 Å². The smallest absolute Gasteiger partial charge is 0.333 e. The number of cyclic esters (lactones) is 1. The average molecular weight is 348 g/mol. The van der Waals surface area contributed by atoms with Gasteiger partial charge in [0.1, 0.15) is 0 Å². The number of rotatable bonds is 4. The number of hydrogen-bond donors (Lipinski definition) is 2. The molecule has 1 unspecified atom stereocenters. The van der Waals surface area contributed by atoms with Crippen LogP contribution < -0.4 is 0 Å². The van der Waals surface area contributed by atoms with Crippen molar-refractivity contribution in [1.29, 1.82) is 0 Å². The molecule has 0 radical (unpaired) electrons. The second-order valence-electron chi connectivity index (χ2n) is 8.25. The molecule has 3 rings (SSSR count). The topological polar surface area (TPSA) is 83.8 Å². The third-order valence-corrected chi connectivity index (χ3v) is 7.28. The van der Waals surface area contributed by atoms with Crippen molar-refractivity contribution in [3.63, 3.8) is 0 Å². The van der Waals surface area contributed by atoms with Crippen molar-refractivity contribution in [3.8, 4) is 0 Å². The van der Waals surface area contributed by atoms with Crippen molar-refractivity contribution < 1.29 is 24.5 Å². The molecule has 1 saturated carbocycles. The first-order valence-electron chi connectivity index (χ1n) is 9.21. The first kappa shape index (κ1) is 18.2. The maximum Gasteiger partial charge on any atom is 0.333 e. The van der Waals surface area contributed by atoms with Crippen molar-refractivity contribution >= 4 is 11.9 Å². The molecule has 5 heteroatoms. The average Bonchev–Trinajstić information content (AvgIpc) is 2.87. The molecule has 2 N–H and O–H groups in total. The molecule has 0 aromatic carbocycles. The van der Waals surface area contributed by atoms with E-state index in [1.54, 1.807) is 0 Å². The second kappa shape index (κ2) is 6.27. The fraction of sp³-hybridized carbons (Fsp3) is 0.700. The molecule has 0 spiro atoms. The minimum absolute atomic E-state index is 0.0713. The SMILES string of the molecule is CC1=CCC[C@@H]2[C@@]1(C(=O)O)CC[C@@H](C)[C@@]2(C)CCC1=CC(=O)OC1O. The highest BCUT2D eigenvalue weighted by Crippen LogP contribution is 2.62. The number of ether oxygens (including phenoxy) is 1. The summed E-state index contributed by atoms with van der Waals surface area (Å²) in [5.74, 6) is -0.739. The van der Waals surface area contributed by atoms with E-state index in [1.807, 2.05) is 6.92 Å². The van der Waals surface area contributed by atoms with Gasteiger partial charge in [-0.1, -0.05) is 25.5 Å². The fourth-order valence-corrected chi connectivity index (χ4v) is 5.45. The molecule has 5 nitrogen and oxygen atoms in total. The predicted octanol–water partition coefficient (Wildman–Crippen LogP) is 3.43. The van der Waals surface area contributed by atoms with Crippen LogP contribution in [0.15, 0.2) is 23.3 Å². The zero-order chi connectivity index (χ0) is 18.4. The lowest BCUT2D eigenvalue weighted by molar-refractivity contribution is -0.162. The van der Waals surface area contributed by atoms with Crippen LogP contribution in [0.3, 0.4) is 0 Å². The normalized spacial score (nSPS) is 40.8. The van der Waals surface area contributed by atoms with E-state index in [0.29, 0.717) is 24.3 Å². The zero-order valence-electron chi connectivity index (χ0n) is 15.2. The van der Waals surface area contributed by atoms with Gasteiger partial charge in [-0.15, -0.1) is 0 Å². The lowest BCUT2D eigenvalue weighted by Gasteiger charge is -2.57. The summed E-state index contributed by atoms with van der Waals surface area (Å²) in [5.41, 5.74) is 0.674. The van der Waals surface area contributed by atoms with E-state index in [9.17, 15) is 19.8 Å². The van der Waals surface area contributed by atoms with Gasteiger partial charge in [-0.3, -0.25) is 4.79 Å². The van der Waals surface area contributed by atoms with Crippen LogP contribution >= 0.6 is 0 Å². The molecular formula is C20H28O5. The fourth-order valence-electron chi connectivity index (χ4n) is 5.45. The molecule has 3 aliphatic rings. The van der Waals surface area contributed by atoms with Gasteiger partial charge in [0, 0.05) is 11.6 Å². The predicted molar refractivity (Wildman–Crippen MR) is 92.5 cm³/mol. The van der Waals surface area contributed by atoms with Crippen molar-refractivity contribution in [2.24, 2.45) is 22.7 Å². The highest BCUT2D eigenvalue weighted by molar-refractivity contribution is 5.85. The van der Waals surface area contributed by atoms with Gasteiger partial charge >= 0.3 is 11.9 Å². The second-order valence-corrected chi connectivity index (χ2v) is 8.25. The first-order valence-corrected chi connectivity index (χ1v) is 9.21. The molecule has 1 aliphatic heterocycles. The molecule has 1 fully saturated rings. The Kier molecular flexibility index (Phi) is 4.56. The Morgan fingerprint density at radius 3 is 2.72 bits per heavy atom. The Balaban J connectivity index is 1.90. The van der Waals surface area contributed by atoms with E-state index in [4.69, 9.17) is 4.74 Å². The summed E-state index contributed by atoms with van der Waals surface area (Å²) in [6.45, 7) is 6.37. The quantitative estimate of drug-likeness (QED) is 0.601. The summed E-state index contributed by atoms with van der Waals surface area (Å²) in [7, 11) is 0. The van der Waals surface area contributed by atoms with E-state index >= 15 is 0 Å². The number of carboxylic acids is 1. The van der Waals surface area contributed by atoms with Gasteiger partial charge in [0.15, 0.2) is 0 Å². The molecular weight excluding hydrogens is 320 g/mol. The van der Waals surface area contributed by atoms with Gasteiger partial charge in [-0.05, 0) is 62.7 Å². The van der Waals surface area contributed by atoms with Crippen LogP contribution in [0.1, 0.15) is 59.3 Å². The molecule has 0 saturated heterocycles. The first-order chi connectivity index (χ1) is 11.7. The highest BCUT2D eigenvalue weighted by atomic mass is 16.6. The molecule has 25 heavy (non-hydrogen) atoms. The molecule has 0 aromatic heterocycles. The van der Waals surface area contributed by atoms with Crippen LogP contribution in [0.2, 0.25) is 0 Å². The van der Waals surface area contributed by atoms with E-state index in [-0.39, 0.29) is 11.3 Å². The van der Waals surface area contributed by atoms with Crippen LogP contribution in [-0.2, 0) is 14.3 Å². The highest BCUT2D eigenvalue weighted by Gasteiger charge is 2.59. The molecule has 2 aliphatic carbocycles. The van der Waals surface area contributed by atoms with Crippen LogP contribution in [0.4, 0.5) is 0 Å². The third-order valence-electron chi connectivity index (χ3n) is 7.28. The standard InChI is InChI=1S/C20H28O5/c1-12-7-10-20(18(23)24)13(2)5-4-6-15(20)19(12,3)9-8-14-11-16(21)25-17(14)22/h5,11-12,15,17,22H,4,6-10H2,1-3H3,(H,23,24)/t12-,15+,17?,19-,20-/m1/s1. The molecule has 138 valence electrons. The number of carboxylic acid groups (broad SMARTS) is 1. The lowest BCUT2D eigenvalue weighted by Crippen LogP contribution is -2.54. The number of fused-ring (bicyclic) bond motifs is 1. The van der Waals surface area contributed by atoms with E-state index in [0.717, 1.165) is 31.3 Å². The Hall–Kier alpha value is -1.62. The third kappa shape index (κ3) is 2.73. The van der Waals surface area contributed by atoms with E-state index in [1.165, 1.54) is 6.08 Å². The number of esters is 1. The summed E-state index contributed by atoms with van der Waals surface area (Å²) < 4.78 is 4.78. The van der Waals surface area contributed by atoms with Crippen LogP contribution in [0.25, 0.3) is 0 Å². The number of carbonyl (C=O) groups is 2. The van der Waals surface area contributed by atoms with E-state index < -0.39 is 23.6 Å². The van der Waals surface area contributed by atoms with Crippen molar-refractivity contribution in [2.45, 2.75) is 65.6 Å². The van der Waals surface area contributed by atoms with Gasteiger partial charge in [0.2, 0.25) is 6.29 Å². The number of hydrogen-bond acceptors (Lipinski definition) is 4. The van der Waals surface area contributed by atoms with Crippen LogP contribution in [-0.4, -0.2) is 28.4 Å². The molecule has 0 amide bonds. The largest absolute Gasteiger partial charge is 0.481 e. The van der Waals surface area contributed by atoms with Gasteiger partial charge < -0.3 is 14.9 Å². The molecule has 1 heterocycles. The van der Waals surface area contributed by atoms with Crippen molar-refractivity contribution in [1.82, 2.24) is 0 Å². The number of allylic oxidation sites excluding steroid dienone is 1. The summed E-state index contributed by atoms with van der Waals surface area (Å²) in [6.07, 6.45) is 6.99. The van der Waals surface area contributed by atoms with Gasteiger partial charge in [0.25, 0.3) is 0 Å². The number of carbonyl (C=O) groups excluding carboxylic acids is 1. The van der Waals surface area contributed by atoms with E-state index in [2.05, 4.69) is 19.9 Å². The number of aliphatic carboxylic acids is 1. The minimum Gasteiger partial charge on any atom is -0.481 e. The van der Waals surface area contributed by atoms with Crippen LogP contribution in [0.5, 0.6) is 0 Å². The molecule has 5 atom stereocenters. The lowest BCUT2D eigenvalue weighted by atomic mass is 9.46. The van der Waals surface area contributed by atoms with Crippen LogP contribution in [0, 0.1) is 22.7 Å². The number of aliphatic hydroxyl groups is 1. The Labute approximate surface area is 148 Å². The van der Waals surface area contributed by atoms with Crippen molar-refractivity contribution in [2.75, 3.05) is 0 Å². The van der Waals surface area contributed by atoms with Gasteiger partial charge in [0.05, 0.1) is 5.41 Å². The summed E-state index contributed by atoms with van der Waals surface area (Å²) in [5, 5.41) is 20.0. The summed E-state index contributed by atoms with van der Waals surface area (Å²) in [4.78, 5) is 23.6. The van der Waals surface area contributed by atoms with Gasteiger partial charge in [-0.25, -0.2) is 4.79 Å². The Morgan fingerprint density at radius 2 is 2.12 bits per heavy atom. The Morgan fingerprint density at radius 1 is 1.40 bits per heavy atom. The molecule has 0 bridgehead atoms. The summed E-state index contributed by atoms with van der Waals surface area (Å²) >= 11 is 0. The molecule has 0 aromatic rings. The minimum atomic E-state index is -1.15. The van der Waals surface area contributed by atoms with Crippen molar-refractivity contribution in [3.05, 3.63) is 23.3 Å². The summed E-state index contributed by atoms with van der Waals surface area (Å²) in [6, 6.07) is 0. The maximum atomic E-state index is 12.3. The maximum absolute atomic E-state index is 12.3.